The lowest BCUT2D eigenvalue weighted by Gasteiger charge is -2.12. The predicted octanol–water partition coefficient (Wildman–Crippen LogP) is 4.35. The third-order valence-electron chi connectivity index (χ3n) is 3.87. The Labute approximate surface area is 159 Å². The molecule has 0 aliphatic rings. The zero-order chi connectivity index (χ0) is 19.3. The molecule has 0 N–H and O–H groups in total. The summed E-state index contributed by atoms with van der Waals surface area (Å²) in [4.78, 5) is -0.00518. The number of benzene rings is 3. The minimum Gasteiger partial charge on any atom is -0.495 e. The molecule has 0 saturated heterocycles. The van der Waals surface area contributed by atoms with E-state index < -0.39 is 10.1 Å². The van der Waals surface area contributed by atoms with E-state index in [-0.39, 0.29) is 16.4 Å². The number of aryl methyl sites for hydroxylation is 1. The average Bonchev–Trinajstić information content (AvgIpc) is 2.68. The first kappa shape index (κ1) is 18.8. The minimum atomic E-state index is -4.01. The van der Waals surface area contributed by atoms with Crippen LogP contribution >= 0.6 is 0 Å². The number of ether oxygens (including phenoxy) is 2. The Morgan fingerprint density at radius 3 is 2.19 bits per heavy atom. The normalized spacial score (nSPS) is 11.0. The average molecular weight is 384 g/mol. The zero-order valence-electron chi connectivity index (χ0n) is 15.1. The first-order valence-electron chi connectivity index (χ1n) is 8.34. The van der Waals surface area contributed by atoms with Crippen LogP contribution in [0, 0.1) is 6.92 Å². The van der Waals surface area contributed by atoms with Crippen molar-refractivity contribution in [2.24, 2.45) is 0 Å². The maximum atomic E-state index is 12.6. The van der Waals surface area contributed by atoms with Crippen LogP contribution in [0.1, 0.15) is 11.1 Å². The number of methoxy groups -OCH3 is 1. The van der Waals surface area contributed by atoms with Gasteiger partial charge in [0, 0.05) is 0 Å². The van der Waals surface area contributed by atoms with Crippen LogP contribution in [0.4, 0.5) is 0 Å². The quantitative estimate of drug-likeness (QED) is 0.567. The van der Waals surface area contributed by atoms with Crippen LogP contribution in [-0.2, 0) is 16.7 Å². The van der Waals surface area contributed by atoms with Gasteiger partial charge in [-0.1, -0.05) is 36.4 Å². The van der Waals surface area contributed by atoms with Gasteiger partial charge in [-0.15, -0.1) is 0 Å². The van der Waals surface area contributed by atoms with Crippen LogP contribution in [0.15, 0.2) is 77.7 Å². The molecule has 27 heavy (non-hydrogen) atoms. The Balaban J connectivity index is 1.71. The fourth-order valence-corrected chi connectivity index (χ4v) is 3.67. The van der Waals surface area contributed by atoms with Crippen molar-refractivity contribution in [2.45, 2.75) is 18.4 Å². The van der Waals surface area contributed by atoms with Crippen molar-refractivity contribution in [1.29, 1.82) is 0 Å². The summed E-state index contributed by atoms with van der Waals surface area (Å²) in [5.74, 6) is 1.06. The highest BCUT2D eigenvalue weighted by atomic mass is 32.2. The molecule has 0 radical (unpaired) electrons. The van der Waals surface area contributed by atoms with Gasteiger partial charge in [-0.2, -0.15) is 8.42 Å². The van der Waals surface area contributed by atoms with E-state index in [0.717, 1.165) is 11.1 Å². The molecule has 3 aromatic rings. The predicted molar refractivity (Wildman–Crippen MR) is 103 cm³/mol. The molecule has 0 heterocycles. The van der Waals surface area contributed by atoms with Crippen molar-refractivity contribution in [2.75, 3.05) is 7.11 Å². The van der Waals surface area contributed by atoms with Crippen LogP contribution < -0.4 is 13.7 Å². The fraction of sp³-hybridized carbons (Fsp3) is 0.143. The first-order valence-corrected chi connectivity index (χ1v) is 9.75. The van der Waals surface area contributed by atoms with E-state index >= 15 is 0 Å². The lowest BCUT2D eigenvalue weighted by molar-refractivity contribution is 0.306. The van der Waals surface area contributed by atoms with Gasteiger partial charge in [0.25, 0.3) is 0 Å². The van der Waals surface area contributed by atoms with Crippen molar-refractivity contribution in [3.63, 3.8) is 0 Å². The molecule has 0 aliphatic heterocycles. The van der Waals surface area contributed by atoms with E-state index in [4.69, 9.17) is 13.7 Å². The highest BCUT2D eigenvalue weighted by Crippen LogP contribution is 2.28. The topological polar surface area (TPSA) is 61.8 Å². The zero-order valence-corrected chi connectivity index (χ0v) is 15.9. The number of hydrogen-bond donors (Lipinski definition) is 0. The van der Waals surface area contributed by atoms with Gasteiger partial charge in [0.1, 0.15) is 28.8 Å². The molecule has 0 unspecified atom stereocenters. The van der Waals surface area contributed by atoms with Gasteiger partial charge in [-0.05, 0) is 54.4 Å². The molecule has 0 fully saturated rings. The molecule has 3 rings (SSSR count). The van der Waals surface area contributed by atoms with Gasteiger partial charge in [0.2, 0.25) is 0 Å². The molecule has 0 bridgehead atoms. The summed E-state index contributed by atoms with van der Waals surface area (Å²) >= 11 is 0. The summed E-state index contributed by atoms with van der Waals surface area (Å²) in [5.41, 5.74) is 1.84. The van der Waals surface area contributed by atoms with Crippen LogP contribution in [0.5, 0.6) is 17.2 Å². The summed E-state index contributed by atoms with van der Waals surface area (Å²) in [5, 5.41) is 0. The van der Waals surface area contributed by atoms with Crippen molar-refractivity contribution in [1.82, 2.24) is 0 Å². The van der Waals surface area contributed by atoms with Gasteiger partial charge >= 0.3 is 10.1 Å². The van der Waals surface area contributed by atoms with E-state index in [2.05, 4.69) is 0 Å². The van der Waals surface area contributed by atoms with E-state index in [0.29, 0.717) is 12.4 Å². The molecule has 0 atom stereocenters. The summed E-state index contributed by atoms with van der Waals surface area (Å²) in [6, 6.07) is 21.1. The third-order valence-corrected chi connectivity index (χ3v) is 5.14. The Kier molecular flexibility index (Phi) is 5.66. The molecule has 0 aromatic heterocycles. The van der Waals surface area contributed by atoms with Gasteiger partial charge in [0.05, 0.1) is 7.11 Å². The van der Waals surface area contributed by atoms with E-state index in [9.17, 15) is 8.42 Å². The van der Waals surface area contributed by atoms with Gasteiger partial charge < -0.3 is 13.7 Å². The summed E-state index contributed by atoms with van der Waals surface area (Å²) in [6.45, 7) is 2.23. The molecule has 0 saturated carbocycles. The molecule has 140 valence electrons. The van der Waals surface area contributed by atoms with Crippen LogP contribution in [0.25, 0.3) is 0 Å². The first-order chi connectivity index (χ1) is 13.0. The molecular formula is C21H20O5S. The molecule has 3 aromatic carbocycles. The smallest absolute Gasteiger partial charge is 0.342 e. The Morgan fingerprint density at radius 1 is 0.852 bits per heavy atom. The highest BCUT2D eigenvalue weighted by molar-refractivity contribution is 7.87. The molecule has 6 heteroatoms. The lowest BCUT2D eigenvalue weighted by atomic mass is 10.2. The Hall–Kier alpha value is -2.99. The second kappa shape index (κ2) is 8.14. The van der Waals surface area contributed by atoms with Crippen molar-refractivity contribution in [3.8, 4) is 17.2 Å². The van der Waals surface area contributed by atoms with Crippen molar-refractivity contribution in [3.05, 3.63) is 83.9 Å². The Bertz CT molecular complexity index is 997. The van der Waals surface area contributed by atoms with Gasteiger partial charge in [0.15, 0.2) is 0 Å². The largest absolute Gasteiger partial charge is 0.495 e. The Morgan fingerprint density at radius 2 is 1.52 bits per heavy atom. The number of rotatable bonds is 7. The van der Waals surface area contributed by atoms with Crippen LogP contribution in [0.3, 0.4) is 0 Å². The van der Waals surface area contributed by atoms with Crippen LogP contribution in [-0.4, -0.2) is 15.5 Å². The maximum absolute atomic E-state index is 12.6. The minimum absolute atomic E-state index is 0.00518. The lowest BCUT2D eigenvalue weighted by Crippen LogP contribution is -2.11. The van der Waals surface area contributed by atoms with E-state index in [1.54, 1.807) is 43.3 Å². The van der Waals surface area contributed by atoms with E-state index in [1.807, 2.05) is 30.3 Å². The highest BCUT2D eigenvalue weighted by Gasteiger charge is 2.22. The third kappa shape index (κ3) is 4.80. The standard InChI is InChI=1S/C21H20O5S/c1-16-8-13-20(24-2)21(14-16)27(22,23)26-19-11-9-18(10-12-19)25-15-17-6-4-3-5-7-17/h3-14H,15H2,1-2H3. The molecule has 0 amide bonds. The molecule has 5 nitrogen and oxygen atoms in total. The second-order valence-electron chi connectivity index (χ2n) is 5.94. The van der Waals surface area contributed by atoms with Crippen molar-refractivity contribution >= 4 is 10.1 Å². The SMILES string of the molecule is COc1ccc(C)cc1S(=O)(=O)Oc1ccc(OCc2ccccc2)cc1. The van der Waals surface area contributed by atoms with Crippen LogP contribution in [0.2, 0.25) is 0 Å². The molecular weight excluding hydrogens is 364 g/mol. The van der Waals surface area contributed by atoms with Gasteiger partial charge in [-0.25, -0.2) is 0 Å². The van der Waals surface area contributed by atoms with E-state index in [1.165, 1.54) is 13.2 Å². The maximum Gasteiger partial charge on any atom is 0.342 e. The summed E-state index contributed by atoms with van der Waals surface area (Å²) < 4.78 is 41.3. The van der Waals surface area contributed by atoms with Gasteiger partial charge in [-0.3, -0.25) is 0 Å². The summed E-state index contributed by atoms with van der Waals surface area (Å²) in [6.07, 6.45) is 0. The monoisotopic (exact) mass is 384 g/mol. The number of hydrogen-bond acceptors (Lipinski definition) is 5. The summed E-state index contributed by atoms with van der Waals surface area (Å²) in [7, 11) is -2.59. The fourth-order valence-electron chi connectivity index (χ4n) is 2.48. The molecule has 0 aliphatic carbocycles. The van der Waals surface area contributed by atoms with Crippen molar-refractivity contribution < 1.29 is 22.1 Å². The second-order valence-corrected chi connectivity index (χ2v) is 7.45. The molecule has 0 spiro atoms.